The minimum Gasteiger partial charge on any atom is -0.492 e. The van der Waals surface area contributed by atoms with Gasteiger partial charge in [-0.2, -0.15) is 0 Å². The van der Waals surface area contributed by atoms with Crippen molar-refractivity contribution in [2.24, 2.45) is 0 Å². The van der Waals surface area contributed by atoms with Crippen molar-refractivity contribution in [1.82, 2.24) is 14.5 Å². The van der Waals surface area contributed by atoms with Crippen molar-refractivity contribution < 1.29 is 9.29 Å². The van der Waals surface area contributed by atoms with Gasteiger partial charge in [0.15, 0.2) is 5.82 Å². The van der Waals surface area contributed by atoms with Gasteiger partial charge in [-0.25, -0.2) is 4.98 Å². The zero-order chi connectivity index (χ0) is 29.1. The number of fused-ring (bicyclic) bond motifs is 1. The second-order valence-corrected chi connectivity index (χ2v) is 11.6. The number of aromatic amines is 1. The molecule has 0 unspecified atom stereocenters. The van der Waals surface area contributed by atoms with Crippen LogP contribution in [0.2, 0.25) is 5.02 Å². The van der Waals surface area contributed by atoms with Crippen LogP contribution in [-0.2, 0) is 12.8 Å². The zero-order valence-electron chi connectivity index (χ0n) is 23.6. The molecule has 2 aliphatic rings. The fourth-order valence-electron chi connectivity index (χ4n) is 5.10. The van der Waals surface area contributed by atoms with Gasteiger partial charge in [0.2, 0.25) is 0 Å². The molecular formula is C34H36ClN3O3S. The first-order chi connectivity index (χ1) is 20.6. The van der Waals surface area contributed by atoms with Gasteiger partial charge in [0.25, 0.3) is 5.56 Å². The Morgan fingerprint density at radius 2 is 1.57 bits per heavy atom. The van der Waals surface area contributed by atoms with E-state index in [1.807, 2.05) is 72.9 Å². The summed E-state index contributed by atoms with van der Waals surface area (Å²) in [5.41, 5.74) is 5.14. The molecule has 0 spiro atoms. The minimum atomic E-state index is -0.128. The number of ether oxygens (including phenoxy) is 1. The summed E-state index contributed by atoms with van der Waals surface area (Å²) in [5, 5.41) is 0.537. The van der Waals surface area contributed by atoms with Crippen LogP contribution in [0, 0.1) is 0 Å². The Morgan fingerprint density at radius 3 is 2.31 bits per heavy atom. The number of H-pyrrole nitrogens is 1. The highest BCUT2D eigenvalue weighted by molar-refractivity contribution is 7.93. The number of rotatable bonds is 15. The highest BCUT2D eigenvalue weighted by Gasteiger charge is 2.21. The molecule has 0 amide bonds. The predicted molar refractivity (Wildman–Crippen MR) is 173 cm³/mol. The first kappa shape index (κ1) is 30.0. The van der Waals surface area contributed by atoms with Gasteiger partial charge >= 0.3 is 0 Å². The third-order valence-corrected chi connectivity index (χ3v) is 8.08. The summed E-state index contributed by atoms with van der Waals surface area (Å²) >= 11 is 7.49. The van der Waals surface area contributed by atoms with Gasteiger partial charge in [-0.1, -0.05) is 104 Å². The smallest absolute Gasteiger partial charge is 0.278 e. The molecule has 0 saturated heterocycles. The van der Waals surface area contributed by atoms with Crippen LogP contribution >= 0.6 is 23.6 Å². The van der Waals surface area contributed by atoms with Gasteiger partial charge in [0.05, 0.1) is 23.0 Å². The van der Waals surface area contributed by atoms with E-state index in [0.29, 0.717) is 41.7 Å². The molecule has 0 atom stereocenters. The molecule has 2 N–H and O–H groups in total. The normalized spacial score (nSPS) is 11.3. The van der Waals surface area contributed by atoms with Crippen molar-refractivity contribution >= 4 is 23.6 Å². The van der Waals surface area contributed by atoms with Crippen molar-refractivity contribution in [1.29, 1.82) is 0 Å². The summed E-state index contributed by atoms with van der Waals surface area (Å²) in [6.07, 6.45) is 9.49. The Morgan fingerprint density at radius 1 is 0.857 bits per heavy atom. The van der Waals surface area contributed by atoms with Crippen LogP contribution in [0.25, 0.3) is 17.1 Å². The first-order valence-corrected chi connectivity index (χ1v) is 15.8. The highest BCUT2D eigenvalue weighted by Crippen LogP contribution is 2.28. The molecule has 0 bridgehead atoms. The SMILES string of the molecule is O=c1c(Cc2ccc(OCCCCCCCCSO)c(Cl)c2)nc2c(Cc3ccccc3)[nH]c(-c3ccccc3)cn1-2. The number of aromatic nitrogens is 3. The molecule has 0 aromatic heterocycles. The standard InChI is InChI=1S/C34H36ClN3O3S/c35-28-21-26(17-18-32(28)41-19-11-3-1-2-4-12-20-42-40)23-30-34(39)38-24-31(27-15-9-6-10-16-27)36-29(33(38)37-30)22-25-13-7-5-8-14-25/h5-10,13-18,21,24,36,40H,1-4,11-12,19-20,22-23H2. The van der Waals surface area contributed by atoms with Crippen LogP contribution in [0.15, 0.2) is 89.9 Å². The van der Waals surface area contributed by atoms with E-state index < -0.39 is 0 Å². The number of unbranched alkanes of at least 4 members (excludes halogenated alkanes) is 5. The lowest BCUT2D eigenvalue weighted by Crippen LogP contribution is -2.17. The van der Waals surface area contributed by atoms with Crippen LogP contribution in [0.5, 0.6) is 5.75 Å². The van der Waals surface area contributed by atoms with Gasteiger partial charge in [-0.05, 0) is 53.7 Å². The molecule has 3 aromatic carbocycles. The molecule has 2 heterocycles. The highest BCUT2D eigenvalue weighted by atomic mass is 35.5. The van der Waals surface area contributed by atoms with Crippen LogP contribution < -0.4 is 10.3 Å². The monoisotopic (exact) mass is 601 g/mol. The molecule has 0 fully saturated rings. The molecule has 3 aromatic rings. The average molecular weight is 602 g/mol. The Labute approximate surface area is 256 Å². The molecule has 6 nitrogen and oxygen atoms in total. The Balaban J connectivity index is 1.29. The summed E-state index contributed by atoms with van der Waals surface area (Å²) in [6, 6.07) is 25.9. The van der Waals surface area contributed by atoms with Crippen LogP contribution in [0.1, 0.15) is 61.0 Å². The molecule has 0 aliphatic carbocycles. The van der Waals surface area contributed by atoms with Gasteiger partial charge in [0, 0.05) is 24.8 Å². The molecule has 0 radical (unpaired) electrons. The number of nitrogens with zero attached hydrogens (tertiary/aromatic N) is 2. The summed E-state index contributed by atoms with van der Waals surface area (Å²) in [7, 11) is 0. The van der Waals surface area contributed by atoms with Crippen molar-refractivity contribution in [2.75, 3.05) is 12.4 Å². The van der Waals surface area contributed by atoms with E-state index >= 15 is 0 Å². The third-order valence-electron chi connectivity index (χ3n) is 7.31. The van der Waals surface area contributed by atoms with Gasteiger partial charge < -0.3 is 14.3 Å². The largest absolute Gasteiger partial charge is 0.492 e. The fraction of sp³-hybridized carbons (Fsp3) is 0.294. The van der Waals surface area contributed by atoms with Crippen molar-refractivity contribution in [2.45, 2.75) is 51.4 Å². The number of benzene rings is 3. The molecule has 218 valence electrons. The molecule has 42 heavy (non-hydrogen) atoms. The number of hydrogen-bond acceptors (Lipinski definition) is 5. The quantitative estimate of drug-likeness (QED) is 0.0930. The maximum Gasteiger partial charge on any atom is 0.278 e. The summed E-state index contributed by atoms with van der Waals surface area (Å²) in [6.45, 7) is 0.618. The van der Waals surface area contributed by atoms with E-state index in [2.05, 4.69) is 17.1 Å². The average Bonchev–Trinajstić information content (AvgIpc) is 3.33. The van der Waals surface area contributed by atoms with Gasteiger partial charge in [0.1, 0.15) is 11.4 Å². The Kier molecular flexibility index (Phi) is 10.8. The molecule has 5 rings (SSSR count). The third kappa shape index (κ3) is 7.85. The van der Waals surface area contributed by atoms with Gasteiger partial charge in [-0.3, -0.25) is 9.36 Å². The maximum atomic E-state index is 13.6. The lowest BCUT2D eigenvalue weighted by atomic mass is 10.1. The van der Waals surface area contributed by atoms with E-state index in [9.17, 15) is 4.79 Å². The molecule has 2 aliphatic heterocycles. The second kappa shape index (κ2) is 15.1. The predicted octanol–water partition coefficient (Wildman–Crippen LogP) is 8.43. The van der Waals surface area contributed by atoms with E-state index in [-0.39, 0.29) is 5.56 Å². The first-order valence-electron chi connectivity index (χ1n) is 14.5. The van der Waals surface area contributed by atoms with E-state index in [0.717, 1.165) is 71.6 Å². The number of nitrogens with one attached hydrogen (secondary N) is 1. The number of imidazole rings is 1. The Hall–Kier alpha value is -3.52. The summed E-state index contributed by atoms with van der Waals surface area (Å²) < 4.78 is 16.4. The summed E-state index contributed by atoms with van der Waals surface area (Å²) in [4.78, 5) is 22.0. The van der Waals surface area contributed by atoms with Crippen molar-refractivity contribution in [3.05, 3.63) is 123 Å². The summed E-state index contributed by atoms with van der Waals surface area (Å²) in [5.74, 6) is 2.11. The van der Waals surface area contributed by atoms with Crippen LogP contribution in [-0.4, -0.2) is 31.4 Å². The molecule has 8 heteroatoms. The second-order valence-electron chi connectivity index (χ2n) is 10.5. The van der Waals surface area contributed by atoms with E-state index in [1.54, 1.807) is 4.57 Å². The fourth-order valence-corrected chi connectivity index (χ4v) is 5.69. The lowest BCUT2D eigenvalue weighted by Gasteiger charge is -2.13. The molecular weight excluding hydrogens is 566 g/mol. The van der Waals surface area contributed by atoms with Crippen molar-refractivity contribution in [3.8, 4) is 22.8 Å². The zero-order valence-corrected chi connectivity index (χ0v) is 25.2. The van der Waals surface area contributed by atoms with E-state index in [4.69, 9.17) is 25.9 Å². The van der Waals surface area contributed by atoms with Crippen LogP contribution in [0.4, 0.5) is 0 Å². The van der Waals surface area contributed by atoms with Gasteiger partial charge in [-0.15, -0.1) is 0 Å². The topological polar surface area (TPSA) is 80.1 Å². The maximum absolute atomic E-state index is 13.6. The lowest BCUT2D eigenvalue weighted by molar-refractivity contribution is 0.304. The molecule has 0 saturated carbocycles. The number of hydrogen-bond donors (Lipinski definition) is 2. The van der Waals surface area contributed by atoms with Crippen molar-refractivity contribution in [3.63, 3.8) is 0 Å². The van der Waals surface area contributed by atoms with E-state index in [1.165, 1.54) is 12.8 Å². The Bertz CT molecular complexity index is 1590. The minimum absolute atomic E-state index is 0.128. The van der Waals surface area contributed by atoms with Crippen LogP contribution in [0.3, 0.4) is 0 Å². The number of halogens is 1.